The number of aromatic nitrogens is 2. The van der Waals surface area contributed by atoms with E-state index in [-0.39, 0.29) is 0 Å². The average Bonchev–Trinajstić information content (AvgIpc) is 2.86. The summed E-state index contributed by atoms with van der Waals surface area (Å²) in [4.78, 5) is 0. The highest BCUT2D eigenvalue weighted by molar-refractivity contribution is 5.36. The van der Waals surface area contributed by atoms with Crippen LogP contribution in [0, 0.1) is 0 Å². The van der Waals surface area contributed by atoms with Crippen LogP contribution in [0.3, 0.4) is 0 Å². The van der Waals surface area contributed by atoms with Gasteiger partial charge in [-0.2, -0.15) is 5.10 Å². The van der Waals surface area contributed by atoms with E-state index < -0.39 is 0 Å². The van der Waals surface area contributed by atoms with E-state index in [1.165, 1.54) is 0 Å². The fourth-order valence-electron chi connectivity index (χ4n) is 1.71. The highest BCUT2D eigenvalue weighted by Gasteiger charge is 2.01. The van der Waals surface area contributed by atoms with Crippen molar-refractivity contribution < 1.29 is 4.74 Å². The first-order valence-corrected chi connectivity index (χ1v) is 6.32. The summed E-state index contributed by atoms with van der Waals surface area (Å²) < 4.78 is 7.29. The molecule has 0 atom stereocenters. The average molecular weight is 245 g/mol. The van der Waals surface area contributed by atoms with Gasteiger partial charge in [0.15, 0.2) is 0 Å². The molecule has 0 aliphatic heterocycles. The van der Waals surface area contributed by atoms with Crippen LogP contribution in [0.1, 0.15) is 19.5 Å². The third kappa shape index (κ3) is 3.11. The van der Waals surface area contributed by atoms with Crippen molar-refractivity contribution in [2.45, 2.75) is 20.4 Å². The first kappa shape index (κ1) is 12.6. The molecule has 1 heterocycles. The second kappa shape index (κ2) is 6.21. The Bertz CT molecular complexity index is 476. The van der Waals surface area contributed by atoms with Gasteiger partial charge >= 0.3 is 0 Å². The van der Waals surface area contributed by atoms with E-state index in [1.807, 2.05) is 48.1 Å². The van der Waals surface area contributed by atoms with Gasteiger partial charge in [-0.05, 0) is 43.8 Å². The Labute approximate surface area is 108 Å². The molecule has 0 radical (unpaired) electrons. The van der Waals surface area contributed by atoms with Crippen LogP contribution < -0.4 is 10.1 Å². The van der Waals surface area contributed by atoms with Crippen molar-refractivity contribution in [2.75, 3.05) is 13.2 Å². The summed E-state index contributed by atoms with van der Waals surface area (Å²) in [6.07, 6.45) is 1.97. The second-order valence-corrected chi connectivity index (χ2v) is 3.96. The Morgan fingerprint density at radius 1 is 1.17 bits per heavy atom. The molecule has 2 aromatic rings. The van der Waals surface area contributed by atoms with E-state index in [0.29, 0.717) is 6.61 Å². The molecule has 96 valence electrons. The van der Waals surface area contributed by atoms with Gasteiger partial charge in [0.25, 0.3) is 0 Å². The van der Waals surface area contributed by atoms with Gasteiger partial charge in [-0.15, -0.1) is 0 Å². The summed E-state index contributed by atoms with van der Waals surface area (Å²) in [5.41, 5.74) is 2.09. The normalized spacial score (nSPS) is 10.6. The predicted octanol–water partition coefficient (Wildman–Crippen LogP) is 2.38. The van der Waals surface area contributed by atoms with Crippen LogP contribution in [-0.2, 0) is 6.54 Å². The molecular weight excluding hydrogens is 226 g/mol. The van der Waals surface area contributed by atoms with Crippen molar-refractivity contribution >= 4 is 0 Å². The van der Waals surface area contributed by atoms with Crippen molar-refractivity contribution in [3.63, 3.8) is 0 Å². The molecule has 0 aliphatic carbocycles. The number of hydrogen-bond donors (Lipinski definition) is 1. The van der Waals surface area contributed by atoms with E-state index >= 15 is 0 Å². The molecule has 0 spiro atoms. The van der Waals surface area contributed by atoms with Gasteiger partial charge in [-0.1, -0.05) is 6.92 Å². The fraction of sp³-hybridized carbons (Fsp3) is 0.357. The van der Waals surface area contributed by atoms with Crippen molar-refractivity contribution in [1.29, 1.82) is 0 Å². The molecule has 1 N–H and O–H groups in total. The quantitative estimate of drug-likeness (QED) is 0.849. The molecule has 0 aliphatic rings. The Morgan fingerprint density at radius 3 is 2.61 bits per heavy atom. The number of ether oxygens (including phenoxy) is 1. The number of nitrogens with zero attached hydrogens (tertiary/aromatic N) is 2. The molecular formula is C14H19N3O. The summed E-state index contributed by atoms with van der Waals surface area (Å²) in [5, 5.41) is 7.77. The smallest absolute Gasteiger partial charge is 0.119 e. The maximum Gasteiger partial charge on any atom is 0.119 e. The molecule has 0 amide bonds. The highest BCUT2D eigenvalue weighted by Crippen LogP contribution is 2.15. The summed E-state index contributed by atoms with van der Waals surface area (Å²) >= 11 is 0. The maximum absolute atomic E-state index is 5.42. The van der Waals surface area contributed by atoms with Crippen molar-refractivity contribution in [3.8, 4) is 11.4 Å². The molecule has 18 heavy (non-hydrogen) atoms. The highest BCUT2D eigenvalue weighted by atomic mass is 16.5. The first-order chi connectivity index (χ1) is 8.83. The Kier molecular flexibility index (Phi) is 4.36. The molecule has 0 saturated heterocycles. The van der Waals surface area contributed by atoms with E-state index in [9.17, 15) is 0 Å². The number of benzene rings is 1. The fourth-order valence-corrected chi connectivity index (χ4v) is 1.71. The largest absolute Gasteiger partial charge is 0.494 e. The predicted molar refractivity (Wildman–Crippen MR) is 72.1 cm³/mol. The minimum absolute atomic E-state index is 0.688. The molecule has 0 bridgehead atoms. The van der Waals surface area contributed by atoms with Gasteiger partial charge in [0.1, 0.15) is 5.75 Å². The van der Waals surface area contributed by atoms with E-state index in [0.717, 1.165) is 30.2 Å². The molecule has 0 fully saturated rings. The molecule has 1 aromatic carbocycles. The molecule has 0 saturated carbocycles. The lowest BCUT2D eigenvalue weighted by atomic mass is 10.3. The second-order valence-electron chi connectivity index (χ2n) is 3.96. The zero-order chi connectivity index (χ0) is 12.8. The van der Waals surface area contributed by atoms with Crippen LogP contribution in [0.2, 0.25) is 0 Å². The molecule has 2 rings (SSSR count). The third-order valence-electron chi connectivity index (χ3n) is 2.61. The summed E-state index contributed by atoms with van der Waals surface area (Å²) in [7, 11) is 0. The Balaban J connectivity index is 2.08. The minimum Gasteiger partial charge on any atom is -0.494 e. The van der Waals surface area contributed by atoms with E-state index in [1.54, 1.807) is 0 Å². The number of nitrogens with one attached hydrogen (secondary N) is 1. The van der Waals surface area contributed by atoms with Crippen LogP contribution in [-0.4, -0.2) is 22.9 Å². The summed E-state index contributed by atoms with van der Waals surface area (Å²) in [6.45, 7) is 6.52. The van der Waals surface area contributed by atoms with Gasteiger partial charge in [0, 0.05) is 12.7 Å². The van der Waals surface area contributed by atoms with Gasteiger partial charge in [0.05, 0.1) is 18.0 Å². The van der Waals surface area contributed by atoms with Crippen molar-refractivity contribution in [2.24, 2.45) is 0 Å². The lowest BCUT2D eigenvalue weighted by Gasteiger charge is -2.05. The van der Waals surface area contributed by atoms with E-state index in [4.69, 9.17) is 4.74 Å². The van der Waals surface area contributed by atoms with Crippen LogP contribution in [0.5, 0.6) is 5.75 Å². The van der Waals surface area contributed by atoms with Crippen LogP contribution in [0.15, 0.2) is 36.5 Å². The lowest BCUT2D eigenvalue weighted by Crippen LogP contribution is -2.12. The Morgan fingerprint density at radius 2 is 1.94 bits per heavy atom. The SMILES string of the molecule is CCNCc1ccn(-c2ccc(OCC)cc2)n1. The molecule has 4 heteroatoms. The Hall–Kier alpha value is -1.81. The maximum atomic E-state index is 5.42. The molecule has 0 unspecified atom stereocenters. The summed E-state index contributed by atoms with van der Waals surface area (Å²) in [5.74, 6) is 0.890. The van der Waals surface area contributed by atoms with E-state index in [2.05, 4.69) is 17.3 Å². The van der Waals surface area contributed by atoms with Crippen LogP contribution in [0.4, 0.5) is 0 Å². The monoisotopic (exact) mass is 245 g/mol. The van der Waals surface area contributed by atoms with Crippen molar-refractivity contribution in [3.05, 3.63) is 42.2 Å². The lowest BCUT2D eigenvalue weighted by molar-refractivity contribution is 0.340. The third-order valence-corrected chi connectivity index (χ3v) is 2.61. The van der Waals surface area contributed by atoms with Gasteiger partial charge < -0.3 is 10.1 Å². The standard InChI is InChI=1S/C14H19N3O/c1-3-15-11-12-9-10-17(16-12)13-5-7-14(8-6-13)18-4-2/h5-10,15H,3-4,11H2,1-2H3. The number of rotatable bonds is 6. The van der Waals surface area contributed by atoms with Crippen LogP contribution >= 0.6 is 0 Å². The zero-order valence-corrected chi connectivity index (χ0v) is 10.9. The first-order valence-electron chi connectivity index (χ1n) is 6.32. The van der Waals surface area contributed by atoms with Crippen molar-refractivity contribution in [1.82, 2.24) is 15.1 Å². The zero-order valence-electron chi connectivity index (χ0n) is 10.9. The van der Waals surface area contributed by atoms with Gasteiger partial charge in [-0.25, -0.2) is 4.68 Å². The minimum atomic E-state index is 0.688. The van der Waals surface area contributed by atoms with Gasteiger partial charge in [0.2, 0.25) is 0 Å². The molecule has 4 nitrogen and oxygen atoms in total. The topological polar surface area (TPSA) is 39.1 Å². The number of hydrogen-bond acceptors (Lipinski definition) is 3. The van der Waals surface area contributed by atoms with Gasteiger partial charge in [-0.3, -0.25) is 0 Å². The van der Waals surface area contributed by atoms with Crippen LogP contribution in [0.25, 0.3) is 5.69 Å². The molecule has 1 aromatic heterocycles. The summed E-state index contributed by atoms with van der Waals surface area (Å²) in [6, 6.07) is 9.97.